The average Bonchev–Trinajstić information content (AvgIpc) is 2.99. The van der Waals surface area contributed by atoms with Crippen LogP contribution < -0.4 is 5.32 Å². The van der Waals surface area contributed by atoms with Crippen LogP contribution in [0.4, 0.5) is 5.95 Å². The molecule has 1 saturated heterocycles. The molecule has 0 radical (unpaired) electrons. The second-order valence-corrected chi connectivity index (χ2v) is 7.56. The van der Waals surface area contributed by atoms with Crippen LogP contribution in [0.3, 0.4) is 0 Å². The molecule has 2 aromatic rings. The lowest BCUT2D eigenvalue weighted by molar-refractivity contribution is -0.117. The summed E-state index contributed by atoms with van der Waals surface area (Å²) in [4.78, 5) is 34.4. The van der Waals surface area contributed by atoms with Crippen LogP contribution in [0.25, 0.3) is 11.3 Å². The molecule has 7 nitrogen and oxygen atoms in total. The predicted molar refractivity (Wildman–Crippen MR) is 105 cm³/mol. The lowest BCUT2D eigenvalue weighted by atomic mass is 10.0. The van der Waals surface area contributed by atoms with E-state index in [0.717, 1.165) is 37.2 Å². The molecule has 0 atom stereocenters. The van der Waals surface area contributed by atoms with Gasteiger partial charge in [-0.05, 0) is 31.4 Å². The number of carbonyl (C=O) groups is 2. The van der Waals surface area contributed by atoms with Crippen molar-refractivity contribution >= 4 is 29.2 Å². The van der Waals surface area contributed by atoms with E-state index in [1.165, 1.54) is 6.92 Å². The molecular formula is C20H21ClN4O3. The molecule has 1 aromatic heterocycles. The van der Waals surface area contributed by atoms with Gasteiger partial charge in [-0.2, -0.15) is 0 Å². The number of carbonyl (C=O) groups excluding carboxylic acids is 2. The number of benzene rings is 1. The van der Waals surface area contributed by atoms with Gasteiger partial charge in [-0.15, -0.1) is 0 Å². The minimum absolute atomic E-state index is 0.0379. The number of anilines is 1. The van der Waals surface area contributed by atoms with Crippen LogP contribution in [0.2, 0.25) is 5.02 Å². The first-order valence-electron chi connectivity index (χ1n) is 9.30. The van der Waals surface area contributed by atoms with Gasteiger partial charge in [0.25, 0.3) is 5.91 Å². The van der Waals surface area contributed by atoms with Gasteiger partial charge in [-0.3, -0.25) is 9.59 Å². The van der Waals surface area contributed by atoms with Gasteiger partial charge in [0.1, 0.15) is 5.78 Å². The maximum atomic E-state index is 12.6. The summed E-state index contributed by atoms with van der Waals surface area (Å²) >= 11 is 6.35. The largest absolute Gasteiger partial charge is 0.381 e. The molecule has 2 aliphatic heterocycles. The van der Waals surface area contributed by atoms with Crippen molar-refractivity contribution in [3.05, 3.63) is 40.5 Å². The topological polar surface area (TPSA) is 84.4 Å². The van der Waals surface area contributed by atoms with Crippen molar-refractivity contribution in [2.75, 3.05) is 25.1 Å². The summed E-state index contributed by atoms with van der Waals surface area (Å²) in [6, 6.07) is 5.86. The Balaban J connectivity index is 1.60. The molecule has 0 spiro atoms. The highest BCUT2D eigenvalue weighted by atomic mass is 35.5. The highest BCUT2D eigenvalue weighted by Gasteiger charge is 2.28. The standard InChI is InChI=1S/C20H21ClN4O3/c1-12(26)10-25-11-14-3-2-13(8-16(14)19(25)27)18-17(21)9-22-20(24-18)23-15-4-6-28-7-5-15/h2-3,8-9,15H,4-7,10-11H2,1H3,(H,22,23,24). The predicted octanol–water partition coefficient (Wildman–Crippen LogP) is 2.93. The summed E-state index contributed by atoms with van der Waals surface area (Å²) in [5, 5.41) is 3.75. The van der Waals surface area contributed by atoms with Gasteiger partial charge in [0.05, 0.1) is 23.5 Å². The zero-order valence-electron chi connectivity index (χ0n) is 15.6. The number of hydrogen-bond donors (Lipinski definition) is 1. The first-order valence-corrected chi connectivity index (χ1v) is 9.68. The minimum Gasteiger partial charge on any atom is -0.381 e. The number of nitrogens with one attached hydrogen (secondary N) is 1. The molecule has 3 heterocycles. The monoisotopic (exact) mass is 400 g/mol. The molecular weight excluding hydrogens is 380 g/mol. The van der Waals surface area contributed by atoms with E-state index in [-0.39, 0.29) is 24.3 Å². The molecule has 2 aliphatic rings. The Morgan fingerprint density at radius 2 is 2.14 bits per heavy atom. The first-order chi connectivity index (χ1) is 13.5. The highest BCUT2D eigenvalue weighted by molar-refractivity contribution is 6.33. The molecule has 146 valence electrons. The Bertz CT molecular complexity index is 928. The zero-order valence-corrected chi connectivity index (χ0v) is 16.3. The maximum Gasteiger partial charge on any atom is 0.254 e. The molecule has 8 heteroatoms. The van der Waals surface area contributed by atoms with Crippen LogP contribution in [0.15, 0.2) is 24.4 Å². The van der Waals surface area contributed by atoms with E-state index in [9.17, 15) is 9.59 Å². The normalized spacial score (nSPS) is 16.9. The fourth-order valence-electron chi connectivity index (χ4n) is 3.57. The van der Waals surface area contributed by atoms with Gasteiger partial charge in [0, 0.05) is 36.9 Å². The van der Waals surface area contributed by atoms with Crippen LogP contribution in [-0.4, -0.2) is 52.4 Å². The van der Waals surface area contributed by atoms with Crippen molar-refractivity contribution in [3.63, 3.8) is 0 Å². The molecule has 1 amide bonds. The van der Waals surface area contributed by atoms with Crippen LogP contribution >= 0.6 is 11.6 Å². The number of amides is 1. The lowest BCUT2D eigenvalue weighted by Crippen LogP contribution is -2.28. The average molecular weight is 401 g/mol. The van der Waals surface area contributed by atoms with Crippen molar-refractivity contribution in [1.29, 1.82) is 0 Å². The Labute approximate surface area is 168 Å². The quantitative estimate of drug-likeness (QED) is 0.830. The summed E-state index contributed by atoms with van der Waals surface area (Å²) in [5.41, 5.74) is 2.82. The van der Waals surface area contributed by atoms with Gasteiger partial charge in [0.15, 0.2) is 0 Å². The van der Waals surface area contributed by atoms with Crippen molar-refractivity contribution in [2.24, 2.45) is 0 Å². The van der Waals surface area contributed by atoms with E-state index in [1.807, 2.05) is 12.1 Å². The van der Waals surface area contributed by atoms with E-state index in [2.05, 4.69) is 15.3 Å². The number of ether oxygens (including phenoxy) is 1. The zero-order chi connectivity index (χ0) is 19.7. The number of ketones is 1. The molecule has 28 heavy (non-hydrogen) atoms. The van der Waals surface area contributed by atoms with E-state index < -0.39 is 0 Å². The fraction of sp³-hybridized carbons (Fsp3) is 0.400. The summed E-state index contributed by atoms with van der Waals surface area (Å²) in [6.45, 7) is 3.50. The Kier molecular flexibility index (Phi) is 5.28. The molecule has 1 aromatic carbocycles. The van der Waals surface area contributed by atoms with Crippen LogP contribution in [0, 0.1) is 0 Å². The summed E-state index contributed by atoms with van der Waals surface area (Å²) in [7, 11) is 0. The molecule has 0 aliphatic carbocycles. The fourth-order valence-corrected chi connectivity index (χ4v) is 3.77. The second kappa shape index (κ2) is 7.85. The Morgan fingerprint density at radius 1 is 1.36 bits per heavy atom. The molecule has 1 N–H and O–H groups in total. The molecule has 0 unspecified atom stereocenters. The molecule has 0 saturated carbocycles. The third-order valence-corrected chi connectivity index (χ3v) is 5.25. The summed E-state index contributed by atoms with van der Waals surface area (Å²) in [5.74, 6) is 0.332. The third-order valence-electron chi connectivity index (χ3n) is 4.97. The van der Waals surface area contributed by atoms with E-state index in [0.29, 0.717) is 28.8 Å². The Hall–Kier alpha value is -2.51. The summed E-state index contributed by atoms with van der Waals surface area (Å²) < 4.78 is 5.38. The van der Waals surface area contributed by atoms with E-state index in [1.54, 1.807) is 17.2 Å². The minimum atomic E-state index is -0.141. The van der Waals surface area contributed by atoms with Gasteiger partial charge >= 0.3 is 0 Å². The Morgan fingerprint density at radius 3 is 2.89 bits per heavy atom. The van der Waals surface area contributed by atoms with E-state index >= 15 is 0 Å². The SMILES string of the molecule is CC(=O)CN1Cc2ccc(-c3nc(NC4CCOCC4)ncc3Cl)cc2C1=O. The maximum absolute atomic E-state index is 12.6. The number of Topliss-reactive ketones (excluding diaryl/α,β-unsaturated/α-hetero) is 1. The first kappa shape index (κ1) is 18.8. The van der Waals surface area contributed by atoms with Crippen LogP contribution in [0.5, 0.6) is 0 Å². The molecule has 1 fully saturated rings. The van der Waals surface area contributed by atoms with Crippen molar-refractivity contribution in [3.8, 4) is 11.3 Å². The number of rotatable bonds is 5. The number of hydrogen-bond acceptors (Lipinski definition) is 6. The molecule has 0 bridgehead atoms. The highest BCUT2D eigenvalue weighted by Crippen LogP contribution is 2.31. The van der Waals surface area contributed by atoms with E-state index in [4.69, 9.17) is 16.3 Å². The van der Waals surface area contributed by atoms with Gasteiger partial charge in [0.2, 0.25) is 5.95 Å². The third kappa shape index (κ3) is 3.86. The van der Waals surface area contributed by atoms with Crippen molar-refractivity contribution in [1.82, 2.24) is 14.9 Å². The van der Waals surface area contributed by atoms with Crippen LogP contribution in [0.1, 0.15) is 35.7 Å². The number of nitrogens with zero attached hydrogens (tertiary/aromatic N) is 3. The van der Waals surface area contributed by atoms with Gasteiger partial charge in [-0.25, -0.2) is 9.97 Å². The van der Waals surface area contributed by atoms with Gasteiger partial charge < -0.3 is 15.0 Å². The number of fused-ring (bicyclic) bond motifs is 1. The second-order valence-electron chi connectivity index (χ2n) is 7.16. The van der Waals surface area contributed by atoms with Crippen molar-refractivity contribution in [2.45, 2.75) is 32.4 Å². The van der Waals surface area contributed by atoms with Crippen molar-refractivity contribution < 1.29 is 14.3 Å². The number of halogens is 1. The number of aromatic nitrogens is 2. The smallest absolute Gasteiger partial charge is 0.254 e. The lowest BCUT2D eigenvalue weighted by Gasteiger charge is -2.23. The van der Waals surface area contributed by atoms with Crippen LogP contribution in [-0.2, 0) is 16.1 Å². The molecule has 4 rings (SSSR count). The van der Waals surface area contributed by atoms with Gasteiger partial charge in [-0.1, -0.05) is 23.7 Å². The summed E-state index contributed by atoms with van der Waals surface area (Å²) in [6.07, 6.45) is 3.38.